The van der Waals surface area contributed by atoms with E-state index in [0.29, 0.717) is 24.2 Å². The van der Waals surface area contributed by atoms with Crippen LogP contribution in [0.2, 0.25) is 0 Å². The van der Waals surface area contributed by atoms with E-state index in [1.165, 1.54) is 0 Å². The molecule has 0 radical (unpaired) electrons. The Morgan fingerprint density at radius 2 is 1.97 bits per heavy atom. The highest BCUT2D eigenvalue weighted by atomic mass is 16.5. The lowest BCUT2D eigenvalue weighted by Gasteiger charge is -2.12. The molecule has 0 bridgehead atoms. The molecule has 0 aliphatic heterocycles. The highest BCUT2D eigenvalue weighted by molar-refractivity contribution is 6.04. The van der Waals surface area contributed by atoms with Gasteiger partial charge in [0.05, 0.1) is 25.4 Å². The van der Waals surface area contributed by atoms with Gasteiger partial charge in [0.2, 0.25) is 0 Å². The van der Waals surface area contributed by atoms with Crippen molar-refractivity contribution in [2.75, 3.05) is 19.1 Å². The number of hydrazone groups is 1. The molecule has 0 amide bonds. The number of rotatable bonds is 10. The van der Waals surface area contributed by atoms with Crippen molar-refractivity contribution in [2.24, 2.45) is 11.0 Å². The summed E-state index contributed by atoms with van der Waals surface area (Å²) < 4.78 is 13.5. The molecule has 4 rings (SSSR count). The van der Waals surface area contributed by atoms with Gasteiger partial charge in [-0.3, -0.25) is 0 Å². The van der Waals surface area contributed by atoms with E-state index in [4.69, 9.17) is 9.47 Å². The van der Waals surface area contributed by atoms with Crippen LogP contribution in [0.25, 0.3) is 22.1 Å². The summed E-state index contributed by atoms with van der Waals surface area (Å²) in [5.41, 5.74) is 6.47. The van der Waals surface area contributed by atoms with Crippen molar-refractivity contribution < 1.29 is 9.47 Å². The Morgan fingerprint density at radius 1 is 1.12 bits per heavy atom. The summed E-state index contributed by atoms with van der Waals surface area (Å²) in [6.07, 6.45) is 3.68. The predicted molar refractivity (Wildman–Crippen MR) is 132 cm³/mol. The monoisotopic (exact) mass is 446 g/mol. The van der Waals surface area contributed by atoms with Crippen molar-refractivity contribution >= 4 is 34.2 Å². The maximum absolute atomic E-state index is 5.85. The van der Waals surface area contributed by atoms with E-state index >= 15 is 0 Å². The summed E-state index contributed by atoms with van der Waals surface area (Å²) in [6, 6.07) is 13.9. The molecule has 33 heavy (non-hydrogen) atoms. The topological polar surface area (TPSA) is 86.5 Å². The molecule has 0 atom stereocenters. The van der Waals surface area contributed by atoms with Crippen LogP contribution in [0.1, 0.15) is 39.2 Å². The van der Waals surface area contributed by atoms with Crippen LogP contribution in [-0.4, -0.2) is 39.7 Å². The number of hydrogen-bond acceptors (Lipinski definition) is 7. The van der Waals surface area contributed by atoms with Crippen LogP contribution in [0.5, 0.6) is 11.5 Å². The van der Waals surface area contributed by atoms with Crippen molar-refractivity contribution in [1.82, 2.24) is 19.7 Å². The van der Waals surface area contributed by atoms with Crippen LogP contribution in [0, 0.1) is 5.92 Å². The van der Waals surface area contributed by atoms with Crippen LogP contribution in [-0.2, 0) is 6.54 Å². The van der Waals surface area contributed by atoms with Gasteiger partial charge in [-0.15, -0.1) is 10.2 Å². The quantitative estimate of drug-likeness (QED) is 0.264. The summed E-state index contributed by atoms with van der Waals surface area (Å²) >= 11 is 0. The Balaban J connectivity index is 1.51. The van der Waals surface area contributed by atoms with Crippen LogP contribution in [0.15, 0.2) is 47.6 Å². The molecule has 0 aliphatic rings. The molecule has 2 heterocycles. The van der Waals surface area contributed by atoms with E-state index in [1.54, 1.807) is 13.3 Å². The third-order valence-electron chi connectivity index (χ3n) is 5.34. The predicted octanol–water partition coefficient (Wildman–Crippen LogP) is 5.27. The van der Waals surface area contributed by atoms with Gasteiger partial charge in [-0.05, 0) is 48.6 Å². The highest BCUT2D eigenvalue weighted by Crippen LogP contribution is 2.28. The number of fused-ring (bicyclic) bond motifs is 3. The zero-order valence-corrected chi connectivity index (χ0v) is 19.6. The van der Waals surface area contributed by atoms with Gasteiger partial charge in [-0.1, -0.05) is 39.0 Å². The van der Waals surface area contributed by atoms with Gasteiger partial charge < -0.3 is 14.0 Å². The summed E-state index contributed by atoms with van der Waals surface area (Å²) in [5, 5.41) is 14.0. The van der Waals surface area contributed by atoms with Crippen LogP contribution < -0.4 is 14.9 Å². The number of nitrogens with one attached hydrogen (secondary N) is 1. The fraction of sp³-hybridized carbons (Fsp3) is 0.360. The summed E-state index contributed by atoms with van der Waals surface area (Å²) in [4.78, 5) is 4.68. The second kappa shape index (κ2) is 10.3. The zero-order chi connectivity index (χ0) is 23.2. The minimum absolute atomic E-state index is 0.347. The van der Waals surface area contributed by atoms with Crippen molar-refractivity contribution in [2.45, 2.75) is 40.2 Å². The molecule has 0 unspecified atom stereocenters. The lowest BCUT2D eigenvalue weighted by atomic mass is 10.1. The Kier molecular flexibility index (Phi) is 7.02. The SMILES string of the molecule is CCCn1c2ccccc2c2nnc(N/N=C/c3ccc(OCCC(C)C)c(OC)c3)nc21. The molecule has 2 aromatic heterocycles. The molecule has 4 aromatic rings. The first-order chi connectivity index (χ1) is 16.1. The molecule has 0 saturated heterocycles. The third-order valence-corrected chi connectivity index (χ3v) is 5.34. The van der Waals surface area contributed by atoms with E-state index in [1.807, 2.05) is 30.3 Å². The summed E-state index contributed by atoms with van der Waals surface area (Å²) in [7, 11) is 1.63. The fourth-order valence-electron chi connectivity index (χ4n) is 3.65. The molecule has 8 heteroatoms. The number of ether oxygens (including phenoxy) is 2. The summed E-state index contributed by atoms with van der Waals surface area (Å²) in [6.45, 7) is 8.01. The molecular formula is C25H30N6O2. The second-order valence-corrected chi connectivity index (χ2v) is 8.29. The first-order valence-corrected chi connectivity index (χ1v) is 11.3. The van der Waals surface area contributed by atoms with Crippen molar-refractivity contribution in [3.63, 3.8) is 0 Å². The zero-order valence-electron chi connectivity index (χ0n) is 19.6. The average molecular weight is 447 g/mol. The van der Waals surface area contributed by atoms with Gasteiger partial charge in [0, 0.05) is 11.9 Å². The number of para-hydroxylation sites is 1. The molecule has 0 spiro atoms. The molecule has 172 valence electrons. The number of anilines is 1. The molecule has 0 fully saturated rings. The van der Waals surface area contributed by atoms with Crippen molar-refractivity contribution in [3.8, 4) is 11.5 Å². The maximum atomic E-state index is 5.85. The number of benzene rings is 2. The maximum Gasteiger partial charge on any atom is 0.265 e. The Labute approximate surface area is 193 Å². The Bertz CT molecular complexity index is 1260. The van der Waals surface area contributed by atoms with Gasteiger partial charge in [0.25, 0.3) is 5.95 Å². The number of aromatic nitrogens is 4. The van der Waals surface area contributed by atoms with E-state index < -0.39 is 0 Å². The standard InChI is InChI=1S/C25H30N6O2/c1-5-13-31-20-9-7-6-8-19(20)23-24(31)27-25(30-28-23)29-26-16-18-10-11-21(22(15-18)32-4)33-14-12-17(2)3/h6-11,15-17H,5,12-14H2,1-4H3,(H,27,29,30)/b26-16+. The molecule has 8 nitrogen and oxygen atoms in total. The smallest absolute Gasteiger partial charge is 0.265 e. The number of aryl methyl sites for hydroxylation is 1. The van der Waals surface area contributed by atoms with Crippen LogP contribution in [0.4, 0.5) is 5.95 Å². The average Bonchev–Trinajstić information content (AvgIpc) is 3.13. The van der Waals surface area contributed by atoms with Gasteiger partial charge in [-0.25, -0.2) is 5.43 Å². The van der Waals surface area contributed by atoms with Crippen LogP contribution in [0.3, 0.4) is 0 Å². The largest absolute Gasteiger partial charge is 0.493 e. The van der Waals surface area contributed by atoms with Gasteiger partial charge in [0.15, 0.2) is 17.1 Å². The lowest BCUT2D eigenvalue weighted by molar-refractivity contribution is 0.273. The lowest BCUT2D eigenvalue weighted by Crippen LogP contribution is -2.03. The van der Waals surface area contributed by atoms with Gasteiger partial charge >= 0.3 is 0 Å². The second-order valence-electron chi connectivity index (χ2n) is 8.29. The number of hydrogen-bond donors (Lipinski definition) is 1. The first kappa shape index (κ1) is 22.5. The Hall–Kier alpha value is -3.68. The fourth-order valence-corrected chi connectivity index (χ4v) is 3.65. The number of nitrogens with zero attached hydrogens (tertiary/aromatic N) is 5. The molecule has 0 aliphatic carbocycles. The van der Waals surface area contributed by atoms with Gasteiger partial charge in [-0.2, -0.15) is 10.1 Å². The Morgan fingerprint density at radius 3 is 2.76 bits per heavy atom. The van der Waals surface area contributed by atoms with Crippen molar-refractivity contribution in [1.29, 1.82) is 0 Å². The minimum Gasteiger partial charge on any atom is -0.493 e. The van der Waals surface area contributed by atoms with E-state index in [9.17, 15) is 0 Å². The molecular weight excluding hydrogens is 416 g/mol. The van der Waals surface area contributed by atoms with Crippen LogP contribution >= 0.6 is 0 Å². The number of methoxy groups -OCH3 is 1. The first-order valence-electron chi connectivity index (χ1n) is 11.3. The minimum atomic E-state index is 0.347. The van der Waals surface area contributed by atoms with E-state index in [2.05, 4.69) is 63.2 Å². The molecule has 0 saturated carbocycles. The molecule has 2 aromatic carbocycles. The third kappa shape index (κ3) is 5.05. The summed E-state index contributed by atoms with van der Waals surface area (Å²) in [5.74, 6) is 2.34. The highest BCUT2D eigenvalue weighted by Gasteiger charge is 2.14. The normalized spacial score (nSPS) is 11.7. The van der Waals surface area contributed by atoms with Gasteiger partial charge in [0.1, 0.15) is 5.52 Å². The molecule has 1 N–H and O–H groups in total. The van der Waals surface area contributed by atoms with Crippen molar-refractivity contribution in [3.05, 3.63) is 48.0 Å². The van der Waals surface area contributed by atoms with E-state index in [-0.39, 0.29) is 0 Å². The van der Waals surface area contributed by atoms with E-state index in [0.717, 1.165) is 52.8 Å².